The van der Waals surface area contributed by atoms with Gasteiger partial charge in [-0.2, -0.15) is 13.2 Å². The number of anilines is 2. The average Bonchev–Trinajstić information content (AvgIpc) is 2.27. The maximum absolute atomic E-state index is 12.0. The minimum atomic E-state index is -4.99. The highest BCUT2D eigenvalue weighted by Crippen LogP contribution is 2.18. The van der Waals surface area contributed by atoms with Crippen LogP contribution in [0.3, 0.4) is 0 Å². The molecular formula is C12H14F3N3O3. The number of nitrogens with zero attached hydrogens (tertiary/aromatic N) is 1. The van der Waals surface area contributed by atoms with Crippen LogP contribution in [0.2, 0.25) is 0 Å². The summed E-state index contributed by atoms with van der Waals surface area (Å²) >= 11 is 0. The van der Waals surface area contributed by atoms with E-state index < -0.39 is 23.8 Å². The number of pyridine rings is 1. The van der Waals surface area contributed by atoms with E-state index in [1.165, 1.54) is 6.07 Å². The third-order valence-electron chi connectivity index (χ3n) is 1.91. The van der Waals surface area contributed by atoms with Gasteiger partial charge in [-0.15, -0.1) is 0 Å². The molecule has 0 atom stereocenters. The van der Waals surface area contributed by atoms with Crippen molar-refractivity contribution >= 4 is 23.5 Å². The standard InChI is InChI=1S/C12H14F3N3O3/c1-11(2,3)21-10(20)17-7-4-5-8(16-6-7)18-9(19)12(13,14)15/h4-6H,1-3H3,(H,17,20)(H,16,18,19). The number of halogens is 3. The van der Waals surface area contributed by atoms with Crippen LogP contribution in [0.5, 0.6) is 0 Å². The first-order chi connectivity index (χ1) is 9.47. The van der Waals surface area contributed by atoms with Gasteiger partial charge in [-0.25, -0.2) is 9.78 Å². The second-order valence-corrected chi connectivity index (χ2v) is 5.01. The monoisotopic (exact) mass is 305 g/mol. The quantitative estimate of drug-likeness (QED) is 0.880. The fraction of sp³-hybridized carbons (Fsp3) is 0.417. The Labute approximate surface area is 118 Å². The number of hydrogen-bond donors (Lipinski definition) is 2. The number of hydrogen-bond acceptors (Lipinski definition) is 4. The smallest absolute Gasteiger partial charge is 0.444 e. The van der Waals surface area contributed by atoms with E-state index in [0.29, 0.717) is 0 Å². The molecule has 2 amide bonds. The summed E-state index contributed by atoms with van der Waals surface area (Å²) in [5, 5.41) is 3.93. The van der Waals surface area contributed by atoms with Gasteiger partial charge >= 0.3 is 18.2 Å². The molecule has 0 saturated heterocycles. The molecule has 0 unspecified atom stereocenters. The molecule has 0 saturated carbocycles. The zero-order valence-corrected chi connectivity index (χ0v) is 11.5. The SMILES string of the molecule is CC(C)(C)OC(=O)Nc1ccc(NC(=O)C(F)(F)F)nc1. The van der Waals surface area contributed by atoms with Gasteiger partial charge in [0.05, 0.1) is 11.9 Å². The van der Waals surface area contributed by atoms with Crippen molar-refractivity contribution in [3.63, 3.8) is 0 Å². The lowest BCUT2D eigenvalue weighted by Crippen LogP contribution is -2.30. The topological polar surface area (TPSA) is 80.3 Å². The number of amides is 2. The summed E-state index contributed by atoms with van der Waals surface area (Å²) < 4.78 is 41.1. The second-order valence-electron chi connectivity index (χ2n) is 5.01. The predicted molar refractivity (Wildman–Crippen MR) is 68.8 cm³/mol. The fourth-order valence-electron chi connectivity index (χ4n) is 1.15. The highest BCUT2D eigenvalue weighted by molar-refractivity contribution is 5.94. The lowest BCUT2D eigenvalue weighted by Gasteiger charge is -2.19. The summed E-state index contributed by atoms with van der Waals surface area (Å²) in [7, 11) is 0. The molecule has 0 radical (unpaired) electrons. The number of ether oxygens (including phenoxy) is 1. The first-order valence-corrected chi connectivity index (χ1v) is 5.81. The Kier molecular flexibility index (Phi) is 4.77. The molecule has 1 heterocycles. The van der Waals surface area contributed by atoms with Gasteiger partial charge in [0, 0.05) is 0 Å². The molecule has 1 aromatic heterocycles. The minimum Gasteiger partial charge on any atom is -0.444 e. The summed E-state index contributed by atoms with van der Waals surface area (Å²) in [5.74, 6) is -2.41. The van der Waals surface area contributed by atoms with E-state index in [1.54, 1.807) is 26.1 Å². The molecule has 0 bridgehead atoms. The van der Waals surface area contributed by atoms with Crippen LogP contribution < -0.4 is 10.6 Å². The van der Waals surface area contributed by atoms with Crippen molar-refractivity contribution in [1.29, 1.82) is 0 Å². The van der Waals surface area contributed by atoms with E-state index in [4.69, 9.17) is 4.74 Å². The molecule has 1 rings (SSSR count). The molecule has 0 aliphatic carbocycles. The fourth-order valence-corrected chi connectivity index (χ4v) is 1.15. The van der Waals surface area contributed by atoms with Gasteiger partial charge in [-0.05, 0) is 32.9 Å². The number of carbonyl (C=O) groups is 2. The van der Waals surface area contributed by atoms with Crippen molar-refractivity contribution in [2.24, 2.45) is 0 Å². The molecule has 2 N–H and O–H groups in total. The van der Waals surface area contributed by atoms with Crippen molar-refractivity contribution in [3.05, 3.63) is 18.3 Å². The molecule has 0 fully saturated rings. The van der Waals surface area contributed by atoms with Gasteiger partial charge < -0.3 is 10.1 Å². The zero-order valence-electron chi connectivity index (χ0n) is 11.5. The van der Waals surface area contributed by atoms with E-state index in [-0.39, 0.29) is 11.5 Å². The van der Waals surface area contributed by atoms with Crippen LogP contribution >= 0.6 is 0 Å². The van der Waals surface area contributed by atoms with Crippen LogP contribution in [0.25, 0.3) is 0 Å². The highest BCUT2D eigenvalue weighted by Gasteiger charge is 2.38. The van der Waals surface area contributed by atoms with Gasteiger partial charge in [-0.3, -0.25) is 10.1 Å². The summed E-state index contributed by atoms with van der Waals surface area (Å²) in [6, 6.07) is 2.40. The number of aromatic nitrogens is 1. The summed E-state index contributed by atoms with van der Waals surface area (Å²) in [5.41, 5.74) is -0.465. The first kappa shape index (κ1) is 16.7. The predicted octanol–water partition coefficient (Wildman–Crippen LogP) is 2.93. The Morgan fingerprint density at radius 1 is 1.14 bits per heavy atom. The van der Waals surface area contributed by atoms with Crippen LogP contribution in [0, 0.1) is 0 Å². The Morgan fingerprint density at radius 3 is 2.19 bits per heavy atom. The van der Waals surface area contributed by atoms with Crippen molar-refractivity contribution in [2.75, 3.05) is 10.6 Å². The van der Waals surface area contributed by atoms with Crippen LogP contribution in [-0.2, 0) is 9.53 Å². The third kappa shape index (κ3) is 6.11. The first-order valence-electron chi connectivity index (χ1n) is 5.81. The molecule has 0 aliphatic rings. The third-order valence-corrected chi connectivity index (χ3v) is 1.91. The van der Waals surface area contributed by atoms with Gasteiger partial charge in [0.2, 0.25) is 0 Å². The zero-order chi connectivity index (χ0) is 16.3. The molecule has 6 nitrogen and oxygen atoms in total. The van der Waals surface area contributed by atoms with E-state index >= 15 is 0 Å². The molecule has 1 aromatic rings. The Balaban J connectivity index is 2.63. The molecular weight excluding hydrogens is 291 g/mol. The van der Waals surface area contributed by atoms with E-state index in [0.717, 1.165) is 12.3 Å². The maximum atomic E-state index is 12.0. The Morgan fingerprint density at radius 2 is 1.76 bits per heavy atom. The molecule has 9 heteroatoms. The van der Waals surface area contributed by atoms with Crippen molar-refractivity contribution < 1.29 is 27.5 Å². The molecule has 21 heavy (non-hydrogen) atoms. The lowest BCUT2D eigenvalue weighted by atomic mass is 10.2. The molecule has 116 valence electrons. The highest BCUT2D eigenvalue weighted by atomic mass is 19.4. The van der Waals surface area contributed by atoms with Gasteiger partial charge in [0.15, 0.2) is 0 Å². The van der Waals surface area contributed by atoms with Crippen LogP contribution in [0.1, 0.15) is 20.8 Å². The van der Waals surface area contributed by atoms with Gasteiger partial charge in [0.25, 0.3) is 0 Å². The molecule has 0 aromatic carbocycles. The maximum Gasteiger partial charge on any atom is 0.471 e. The number of nitrogens with one attached hydrogen (secondary N) is 2. The lowest BCUT2D eigenvalue weighted by molar-refractivity contribution is -0.167. The summed E-state index contributed by atoms with van der Waals surface area (Å²) in [6.45, 7) is 5.04. The van der Waals surface area contributed by atoms with E-state index in [1.807, 2.05) is 0 Å². The van der Waals surface area contributed by atoms with Gasteiger partial charge in [0.1, 0.15) is 11.4 Å². The van der Waals surface area contributed by atoms with Crippen molar-refractivity contribution in [1.82, 2.24) is 4.98 Å². The van der Waals surface area contributed by atoms with Crippen molar-refractivity contribution in [2.45, 2.75) is 32.5 Å². The molecule has 0 spiro atoms. The van der Waals surface area contributed by atoms with E-state index in [9.17, 15) is 22.8 Å². The minimum absolute atomic E-state index is 0.217. The van der Waals surface area contributed by atoms with Crippen LogP contribution in [-0.4, -0.2) is 28.8 Å². The van der Waals surface area contributed by atoms with Gasteiger partial charge in [-0.1, -0.05) is 0 Å². The number of alkyl halides is 3. The second kappa shape index (κ2) is 5.98. The molecule has 0 aliphatic heterocycles. The normalized spacial score (nSPS) is 11.7. The summed E-state index contributed by atoms with van der Waals surface area (Å²) in [4.78, 5) is 25.7. The number of rotatable bonds is 2. The number of carbonyl (C=O) groups excluding carboxylic acids is 2. The average molecular weight is 305 g/mol. The van der Waals surface area contributed by atoms with Crippen LogP contribution in [0.15, 0.2) is 18.3 Å². The van der Waals surface area contributed by atoms with Crippen LogP contribution in [0.4, 0.5) is 29.5 Å². The Hall–Kier alpha value is -2.32. The largest absolute Gasteiger partial charge is 0.471 e. The van der Waals surface area contributed by atoms with E-state index in [2.05, 4.69) is 10.3 Å². The van der Waals surface area contributed by atoms with Crippen molar-refractivity contribution in [3.8, 4) is 0 Å². The summed E-state index contributed by atoms with van der Waals surface area (Å²) in [6.07, 6.45) is -4.62. The Bertz CT molecular complexity index is 521.